The van der Waals surface area contributed by atoms with E-state index in [1.54, 1.807) is 19.3 Å². The van der Waals surface area contributed by atoms with Crippen molar-refractivity contribution in [1.29, 1.82) is 0 Å². The summed E-state index contributed by atoms with van der Waals surface area (Å²) >= 11 is 0. The van der Waals surface area contributed by atoms with Crippen molar-refractivity contribution in [1.82, 2.24) is 9.88 Å². The molecule has 0 saturated heterocycles. The van der Waals surface area contributed by atoms with E-state index in [9.17, 15) is 4.79 Å². The summed E-state index contributed by atoms with van der Waals surface area (Å²) in [5, 5.41) is 0. The van der Waals surface area contributed by atoms with Gasteiger partial charge < -0.3 is 9.47 Å². The number of carbonyl (C=O) groups is 1. The smallest absolute Gasteiger partial charge is 0.332 e. The van der Waals surface area contributed by atoms with Crippen LogP contribution in [0.4, 0.5) is 0 Å². The molecule has 0 radical (unpaired) electrons. The van der Waals surface area contributed by atoms with Crippen LogP contribution in [-0.2, 0) is 20.8 Å². The van der Waals surface area contributed by atoms with Crippen molar-refractivity contribution in [3.8, 4) is 0 Å². The highest BCUT2D eigenvalue weighted by molar-refractivity contribution is 5.70. The molecular weight excluding hydrogens is 244 g/mol. The SMILES string of the molecule is CCOC(=O)COCCN(CC)Cc1ccncc1. The van der Waals surface area contributed by atoms with Crippen LogP contribution in [0, 0.1) is 0 Å². The van der Waals surface area contributed by atoms with E-state index in [0.29, 0.717) is 13.2 Å². The molecule has 0 aromatic carbocycles. The zero-order valence-electron chi connectivity index (χ0n) is 11.7. The van der Waals surface area contributed by atoms with Gasteiger partial charge in [-0.2, -0.15) is 0 Å². The van der Waals surface area contributed by atoms with Gasteiger partial charge in [-0.25, -0.2) is 4.79 Å². The molecule has 0 spiro atoms. The van der Waals surface area contributed by atoms with Gasteiger partial charge in [-0.05, 0) is 31.2 Å². The normalized spacial score (nSPS) is 10.7. The van der Waals surface area contributed by atoms with Crippen LogP contribution in [0.2, 0.25) is 0 Å². The quantitative estimate of drug-likeness (QED) is 0.500. The van der Waals surface area contributed by atoms with Crippen LogP contribution in [-0.4, -0.2) is 48.8 Å². The molecule has 0 aliphatic carbocycles. The van der Waals surface area contributed by atoms with Crippen molar-refractivity contribution < 1.29 is 14.3 Å². The summed E-state index contributed by atoms with van der Waals surface area (Å²) in [6, 6.07) is 4.00. The Bertz CT molecular complexity index is 357. The number of nitrogens with zero attached hydrogens (tertiary/aromatic N) is 2. The van der Waals surface area contributed by atoms with Crippen LogP contribution < -0.4 is 0 Å². The van der Waals surface area contributed by atoms with Gasteiger partial charge in [0.1, 0.15) is 6.61 Å². The molecule has 0 bridgehead atoms. The number of hydrogen-bond donors (Lipinski definition) is 0. The highest BCUT2D eigenvalue weighted by Crippen LogP contribution is 2.02. The lowest BCUT2D eigenvalue weighted by molar-refractivity contribution is -0.148. The first-order chi connectivity index (χ1) is 9.26. The van der Waals surface area contributed by atoms with Crippen LogP contribution in [0.5, 0.6) is 0 Å². The van der Waals surface area contributed by atoms with E-state index in [1.165, 1.54) is 5.56 Å². The molecule has 0 aliphatic rings. The molecule has 19 heavy (non-hydrogen) atoms. The van der Waals surface area contributed by atoms with Crippen molar-refractivity contribution >= 4 is 5.97 Å². The molecule has 0 atom stereocenters. The molecule has 5 nitrogen and oxygen atoms in total. The Morgan fingerprint density at radius 2 is 2.05 bits per heavy atom. The van der Waals surface area contributed by atoms with E-state index in [1.807, 2.05) is 12.1 Å². The van der Waals surface area contributed by atoms with Gasteiger partial charge in [0, 0.05) is 25.5 Å². The molecule has 0 saturated carbocycles. The second-order valence-corrected chi connectivity index (χ2v) is 4.08. The highest BCUT2D eigenvalue weighted by Gasteiger charge is 2.05. The Balaban J connectivity index is 2.20. The lowest BCUT2D eigenvalue weighted by Crippen LogP contribution is -2.28. The Morgan fingerprint density at radius 3 is 2.68 bits per heavy atom. The Hall–Kier alpha value is -1.46. The fraction of sp³-hybridized carbons (Fsp3) is 0.571. The molecule has 1 aromatic rings. The Labute approximate surface area is 114 Å². The van der Waals surface area contributed by atoms with Crippen LogP contribution in [0.1, 0.15) is 19.4 Å². The van der Waals surface area contributed by atoms with Gasteiger partial charge in [0.15, 0.2) is 0 Å². The zero-order chi connectivity index (χ0) is 13.9. The van der Waals surface area contributed by atoms with Gasteiger partial charge in [-0.15, -0.1) is 0 Å². The number of likely N-dealkylation sites (N-methyl/N-ethyl adjacent to an activating group) is 1. The Kier molecular flexibility index (Phi) is 7.77. The lowest BCUT2D eigenvalue weighted by Gasteiger charge is -2.20. The average molecular weight is 266 g/mol. The highest BCUT2D eigenvalue weighted by atomic mass is 16.6. The first-order valence-corrected chi connectivity index (χ1v) is 6.60. The maximum absolute atomic E-state index is 11.1. The average Bonchev–Trinajstić information content (AvgIpc) is 2.43. The number of hydrogen-bond acceptors (Lipinski definition) is 5. The number of esters is 1. The van der Waals surface area contributed by atoms with Gasteiger partial charge in [-0.3, -0.25) is 9.88 Å². The predicted molar refractivity (Wildman–Crippen MR) is 72.6 cm³/mol. The van der Waals surface area contributed by atoms with Gasteiger partial charge in [0.25, 0.3) is 0 Å². The molecule has 0 fully saturated rings. The molecule has 5 heteroatoms. The minimum atomic E-state index is -0.306. The fourth-order valence-corrected chi connectivity index (χ4v) is 1.65. The topological polar surface area (TPSA) is 51.7 Å². The molecule has 1 heterocycles. The van der Waals surface area contributed by atoms with Crippen molar-refractivity contribution in [2.45, 2.75) is 20.4 Å². The van der Waals surface area contributed by atoms with E-state index in [0.717, 1.165) is 19.6 Å². The number of rotatable bonds is 9. The third-order valence-electron chi connectivity index (χ3n) is 2.68. The zero-order valence-corrected chi connectivity index (χ0v) is 11.7. The van der Waals surface area contributed by atoms with Crippen LogP contribution in [0.15, 0.2) is 24.5 Å². The molecule has 0 unspecified atom stereocenters. The maximum Gasteiger partial charge on any atom is 0.332 e. The summed E-state index contributed by atoms with van der Waals surface area (Å²) in [7, 11) is 0. The van der Waals surface area contributed by atoms with E-state index >= 15 is 0 Å². The summed E-state index contributed by atoms with van der Waals surface area (Å²) in [5.41, 5.74) is 1.22. The largest absolute Gasteiger partial charge is 0.464 e. The first kappa shape index (κ1) is 15.6. The number of aromatic nitrogens is 1. The van der Waals surface area contributed by atoms with Crippen molar-refractivity contribution in [3.63, 3.8) is 0 Å². The summed E-state index contributed by atoms with van der Waals surface area (Å²) in [6.07, 6.45) is 3.58. The summed E-state index contributed by atoms with van der Waals surface area (Å²) < 4.78 is 10.1. The fourth-order valence-electron chi connectivity index (χ4n) is 1.65. The van der Waals surface area contributed by atoms with Crippen molar-refractivity contribution in [2.24, 2.45) is 0 Å². The molecule has 0 aliphatic heterocycles. The van der Waals surface area contributed by atoms with E-state index < -0.39 is 0 Å². The summed E-state index contributed by atoms with van der Waals surface area (Å²) in [6.45, 7) is 7.42. The second kappa shape index (κ2) is 9.47. The molecule has 0 N–H and O–H groups in total. The van der Waals surface area contributed by atoms with Gasteiger partial charge in [0.05, 0.1) is 13.2 Å². The summed E-state index contributed by atoms with van der Waals surface area (Å²) in [5.74, 6) is -0.306. The van der Waals surface area contributed by atoms with Gasteiger partial charge >= 0.3 is 5.97 Å². The minimum absolute atomic E-state index is 0.0284. The van der Waals surface area contributed by atoms with E-state index in [-0.39, 0.29) is 12.6 Å². The van der Waals surface area contributed by atoms with Gasteiger partial charge in [0.2, 0.25) is 0 Å². The van der Waals surface area contributed by atoms with Crippen LogP contribution >= 0.6 is 0 Å². The third-order valence-corrected chi connectivity index (χ3v) is 2.68. The van der Waals surface area contributed by atoms with Crippen molar-refractivity contribution in [3.05, 3.63) is 30.1 Å². The maximum atomic E-state index is 11.1. The number of pyridine rings is 1. The molecular formula is C14H22N2O3. The second-order valence-electron chi connectivity index (χ2n) is 4.08. The molecule has 1 aromatic heterocycles. The predicted octanol–water partition coefficient (Wildman–Crippen LogP) is 1.48. The van der Waals surface area contributed by atoms with Gasteiger partial charge in [-0.1, -0.05) is 6.92 Å². The molecule has 1 rings (SSSR count). The minimum Gasteiger partial charge on any atom is -0.464 e. The monoisotopic (exact) mass is 266 g/mol. The Morgan fingerprint density at radius 1 is 1.32 bits per heavy atom. The number of ether oxygens (including phenoxy) is 2. The van der Waals surface area contributed by atoms with E-state index in [4.69, 9.17) is 9.47 Å². The standard InChI is InChI=1S/C14H22N2O3/c1-3-16(11-13-5-7-15-8-6-13)9-10-18-12-14(17)19-4-2/h5-8H,3-4,9-12H2,1-2H3. The third kappa shape index (κ3) is 6.88. The van der Waals surface area contributed by atoms with Crippen LogP contribution in [0.3, 0.4) is 0 Å². The first-order valence-electron chi connectivity index (χ1n) is 6.60. The molecule has 0 amide bonds. The summed E-state index contributed by atoms with van der Waals surface area (Å²) in [4.78, 5) is 17.3. The molecule has 106 valence electrons. The van der Waals surface area contributed by atoms with Crippen molar-refractivity contribution in [2.75, 3.05) is 32.9 Å². The van der Waals surface area contributed by atoms with Crippen LogP contribution in [0.25, 0.3) is 0 Å². The number of carbonyl (C=O) groups excluding carboxylic acids is 1. The van der Waals surface area contributed by atoms with E-state index in [2.05, 4.69) is 16.8 Å². The lowest BCUT2D eigenvalue weighted by atomic mass is 10.2.